The van der Waals surface area contributed by atoms with Crippen LogP contribution in [-0.2, 0) is 10.9 Å². The Labute approximate surface area is 369 Å². The number of benzene rings is 10. The smallest absolute Gasteiger partial charge is 0.166 e. The predicted octanol–water partition coefficient (Wildman–Crippen LogP) is 16.0. The highest BCUT2D eigenvalue weighted by atomic mass is 32.2. The van der Waals surface area contributed by atoms with Crippen molar-refractivity contribution in [2.45, 2.75) is 14.7 Å². The van der Waals surface area contributed by atoms with Crippen molar-refractivity contribution < 1.29 is 0 Å². The number of hydrogen-bond acceptors (Lipinski definition) is 0. The first-order chi connectivity index (χ1) is 31.2. The molecule has 0 aliphatic rings. The zero-order valence-electron chi connectivity index (χ0n) is 34.5. The van der Waals surface area contributed by atoms with Crippen molar-refractivity contribution >= 4 is 54.5 Å². The molecule has 296 valence electrons. The fraction of sp³-hybridized carbons (Fsp3) is 0. The molecule has 0 saturated carbocycles. The van der Waals surface area contributed by atoms with Gasteiger partial charge in [-0.3, -0.25) is 0 Å². The zero-order chi connectivity index (χ0) is 41.7. The van der Waals surface area contributed by atoms with E-state index in [1.807, 2.05) is 0 Å². The van der Waals surface area contributed by atoms with E-state index in [0.717, 1.165) is 11.4 Å². The third-order valence-electron chi connectivity index (χ3n) is 12.4. The van der Waals surface area contributed by atoms with Gasteiger partial charge in [-0.05, 0) is 143 Å². The molecule has 0 N–H and O–H groups in total. The first kappa shape index (κ1) is 37.0. The number of hydrogen-bond donors (Lipinski definition) is 0. The quantitative estimate of drug-likeness (QED) is 0.135. The van der Waals surface area contributed by atoms with Gasteiger partial charge in [0.25, 0.3) is 0 Å². The molecule has 0 atom stereocenters. The Morgan fingerprint density at radius 3 is 0.984 bits per heavy atom. The maximum Gasteiger partial charge on any atom is 0.166 e. The number of para-hydroxylation sites is 2. The summed E-state index contributed by atoms with van der Waals surface area (Å²) in [6.07, 6.45) is 0. The van der Waals surface area contributed by atoms with Crippen LogP contribution in [0.5, 0.6) is 0 Å². The Hall–Kier alpha value is -7.85. The molecule has 0 radical (unpaired) electrons. The summed E-state index contributed by atoms with van der Waals surface area (Å²) in [5.41, 5.74) is 14.4. The first-order valence-electron chi connectivity index (χ1n) is 21.5. The Morgan fingerprint density at radius 2 is 0.540 bits per heavy atom. The van der Waals surface area contributed by atoms with Crippen molar-refractivity contribution in [3.8, 4) is 44.8 Å². The highest BCUT2D eigenvalue weighted by molar-refractivity contribution is 7.97. The third-order valence-corrected chi connectivity index (χ3v) is 14.6. The van der Waals surface area contributed by atoms with Crippen molar-refractivity contribution in [3.63, 3.8) is 0 Å². The van der Waals surface area contributed by atoms with Crippen molar-refractivity contribution in [3.05, 3.63) is 249 Å². The van der Waals surface area contributed by atoms with E-state index in [4.69, 9.17) is 0 Å². The summed E-state index contributed by atoms with van der Waals surface area (Å²) >= 11 is 0. The van der Waals surface area contributed by atoms with Crippen molar-refractivity contribution in [2.75, 3.05) is 0 Å². The highest BCUT2D eigenvalue weighted by Crippen LogP contribution is 2.39. The summed E-state index contributed by atoms with van der Waals surface area (Å²) in [6.45, 7) is 0. The molecule has 0 aliphatic carbocycles. The molecule has 0 amide bonds. The minimum Gasteiger partial charge on any atom is -0.309 e. The fourth-order valence-electron chi connectivity index (χ4n) is 9.40. The van der Waals surface area contributed by atoms with E-state index < -0.39 is 0 Å². The summed E-state index contributed by atoms with van der Waals surface area (Å²) in [7, 11) is -0.173. The van der Waals surface area contributed by atoms with Gasteiger partial charge < -0.3 is 9.13 Å². The van der Waals surface area contributed by atoms with Gasteiger partial charge in [-0.2, -0.15) is 0 Å². The van der Waals surface area contributed by atoms with E-state index in [1.165, 1.54) is 91.7 Å². The van der Waals surface area contributed by atoms with Crippen LogP contribution in [0, 0.1) is 0 Å². The van der Waals surface area contributed by atoms with Crippen LogP contribution in [-0.4, -0.2) is 9.13 Å². The Kier molecular flexibility index (Phi) is 9.13. The second kappa shape index (κ2) is 15.6. The fourth-order valence-corrected chi connectivity index (χ4v) is 11.5. The van der Waals surface area contributed by atoms with Crippen LogP contribution in [0.3, 0.4) is 0 Å². The summed E-state index contributed by atoms with van der Waals surface area (Å²) in [5, 5.41) is 5.00. The summed E-state index contributed by atoms with van der Waals surface area (Å²) < 4.78 is 4.81. The van der Waals surface area contributed by atoms with Gasteiger partial charge in [0.15, 0.2) is 14.7 Å². The summed E-state index contributed by atoms with van der Waals surface area (Å²) in [4.78, 5) is 3.96. The van der Waals surface area contributed by atoms with Crippen molar-refractivity contribution in [1.82, 2.24) is 9.13 Å². The second-order valence-electron chi connectivity index (χ2n) is 16.1. The van der Waals surface area contributed by atoms with Gasteiger partial charge in [-0.25, -0.2) is 0 Å². The van der Waals surface area contributed by atoms with Crippen LogP contribution in [0.1, 0.15) is 0 Å². The van der Waals surface area contributed by atoms with Crippen LogP contribution in [0.15, 0.2) is 263 Å². The first-order valence-corrected chi connectivity index (χ1v) is 22.8. The van der Waals surface area contributed by atoms with E-state index in [0.29, 0.717) is 0 Å². The van der Waals surface area contributed by atoms with Crippen LogP contribution in [0.4, 0.5) is 0 Å². The van der Waals surface area contributed by atoms with Gasteiger partial charge in [0.2, 0.25) is 0 Å². The monoisotopic (exact) mass is 821 g/mol. The molecule has 2 aromatic heterocycles. The number of aromatic nitrogens is 2. The minimum absolute atomic E-state index is 0.173. The van der Waals surface area contributed by atoms with Gasteiger partial charge in [0, 0.05) is 32.9 Å². The molecule has 10 aromatic carbocycles. The molecule has 2 nitrogen and oxygen atoms in total. The molecule has 0 aliphatic heterocycles. The molecule has 0 spiro atoms. The zero-order valence-corrected chi connectivity index (χ0v) is 35.3. The van der Waals surface area contributed by atoms with Gasteiger partial charge in [0.05, 0.1) is 33.0 Å². The summed E-state index contributed by atoms with van der Waals surface area (Å²) in [6, 6.07) is 90.9. The topological polar surface area (TPSA) is 9.86 Å². The predicted molar refractivity (Wildman–Crippen MR) is 266 cm³/mol. The summed E-state index contributed by atoms with van der Waals surface area (Å²) in [5.74, 6) is 0. The lowest BCUT2D eigenvalue weighted by molar-refractivity contribution is 1.18. The molecule has 12 aromatic rings. The Morgan fingerprint density at radius 1 is 0.222 bits per heavy atom. The Balaban J connectivity index is 0.882. The number of nitrogens with zero attached hydrogens (tertiary/aromatic N) is 2. The van der Waals surface area contributed by atoms with E-state index >= 15 is 0 Å². The van der Waals surface area contributed by atoms with Crippen molar-refractivity contribution in [1.29, 1.82) is 0 Å². The SMILES string of the molecule is c1ccc(-c2ccc(-n3c4ccccc4c4cc(-c5ccc6c(c5)c5ccccc5n6-c5ccc(-c6ccc([S+](c7ccccc7)c7ccccc7)cc6)cc5)ccc43)cc2)cc1. The van der Waals surface area contributed by atoms with Gasteiger partial charge >= 0.3 is 0 Å². The standard InChI is InChI=1S/C60H41N2S/c1-4-14-42(15-5-1)43-24-32-48(33-25-43)61-57-22-12-10-20-53(57)55-40-46(30-38-59(55)61)47-31-39-60-56(41-47)54-21-11-13-23-58(54)62(60)49-34-26-44(27-35-49)45-28-36-52(37-29-45)63(50-16-6-2-7-17-50)51-18-8-3-9-19-51/h1-41H/q+1. The van der Waals surface area contributed by atoms with E-state index in [9.17, 15) is 0 Å². The lowest BCUT2D eigenvalue weighted by Gasteiger charge is -2.11. The molecule has 0 fully saturated rings. The average molecular weight is 822 g/mol. The molecular weight excluding hydrogens is 781 g/mol. The maximum absolute atomic E-state index is 2.41. The molecule has 3 heteroatoms. The lowest BCUT2D eigenvalue weighted by Crippen LogP contribution is -2.04. The second-order valence-corrected chi connectivity index (χ2v) is 18.1. The minimum atomic E-state index is -0.173. The average Bonchev–Trinajstić information content (AvgIpc) is 3.87. The molecule has 0 unspecified atom stereocenters. The number of fused-ring (bicyclic) bond motifs is 6. The molecule has 63 heavy (non-hydrogen) atoms. The molecule has 12 rings (SSSR count). The highest BCUT2D eigenvalue weighted by Gasteiger charge is 2.28. The number of rotatable bonds is 8. The molecular formula is C60H41N2S+. The van der Waals surface area contributed by atoms with Crippen LogP contribution in [0.2, 0.25) is 0 Å². The third kappa shape index (κ3) is 6.53. The molecule has 2 heterocycles. The van der Waals surface area contributed by atoms with Crippen molar-refractivity contribution in [2.24, 2.45) is 0 Å². The lowest BCUT2D eigenvalue weighted by atomic mass is 10.0. The van der Waals surface area contributed by atoms with Crippen LogP contribution >= 0.6 is 0 Å². The maximum atomic E-state index is 2.41. The molecule has 0 bridgehead atoms. The van der Waals surface area contributed by atoms with E-state index in [2.05, 4.69) is 258 Å². The largest absolute Gasteiger partial charge is 0.309 e. The van der Waals surface area contributed by atoms with Gasteiger partial charge in [-0.15, -0.1) is 0 Å². The van der Waals surface area contributed by atoms with Crippen LogP contribution < -0.4 is 0 Å². The van der Waals surface area contributed by atoms with E-state index in [-0.39, 0.29) is 10.9 Å². The molecule has 0 saturated heterocycles. The van der Waals surface area contributed by atoms with Crippen LogP contribution in [0.25, 0.3) is 88.4 Å². The Bertz CT molecular complexity index is 3530. The normalized spacial score (nSPS) is 11.6. The van der Waals surface area contributed by atoms with Gasteiger partial charge in [-0.1, -0.05) is 140 Å². The van der Waals surface area contributed by atoms with Gasteiger partial charge in [0.1, 0.15) is 0 Å². The van der Waals surface area contributed by atoms with E-state index in [1.54, 1.807) is 0 Å².